The van der Waals surface area contributed by atoms with Crippen LogP contribution in [0, 0.1) is 0 Å². The third kappa shape index (κ3) is 0.852. The van der Waals surface area contributed by atoms with Crippen molar-refractivity contribution in [2.45, 2.75) is 25.0 Å². The Balaban J connectivity index is 2.04. The molecule has 2 saturated heterocycles. The van der Waals surface area contributed by atoms with Crippen molar-refractivity contribution in [1.82, 2.24) is 10.8 Å². The van der Waals surface area contributed by atoms with Crippen LogP contribution < -0.4 is 10.8 Å². The van der Waals surface area contributed by atoms with Crippen LogP contribution in [0.3, 0.4) is 0 Å². The summed E-state index contributed by atoms with van der Waals surface area (Å²) in [5.41, 5.74) is 2.92. The zero-order valence-electron chi connectivity index (χ0n) is 5.44. The predicted molar refractivity (Wildman–Crippen MR) is 33.7 cm³/mol. The van der Waals surface area contributed by atoms with Crippen molar-refractivity contribution < 1.29 is 4.84 Å². The summed E-state index contributed by atoms with van der Waals surface area (Å²) in [5, 5.41) is 3.35. The molecular weight excluding hydrogens is 116 g/mol. The van der Waals surface area contributed by atoms with Crippen LogP contribution in [0.25, 0.3) is 0 Å². The van der Waals surface area contributed by atoms with Crippen molar-refractivity contribution >= 4 is 0 Å². The zero-order chi connectivity index (χ0) is 6.16. The van der Waals surface area contributed by atoms with Gasteiger partial charge in [-0.3, -0.25) is 10.2 Å². The van der Waals surface area contributed by atoms with Crippen LogP contribution in [-0.4, -0.2) is 18.8 Å². The summed E-state index contributed by atoms with van der Waals surface area (Å²) in [6.45, 7) is 2.11. The summed E-state index contributed by atoms with van der Waals surface area (Å²) in [7, 11) is 0. The average molecular weight is 128 g/mol. The predicted octanol–water partition coefficient (Wildman–Crippen LogP) is -0.00900. The molecule has 2 N–H and O–H groups in total. The topological polar surface area (TPSA) is 33.3 Å². The first kappa shape index (κ1) is 5.65. The van der Waals surface area contributed by atoms with Crippen molar-refractivity contribution in [3.05, 3.63) is 0 Å². The first-order valence-electron chi connectivity index (χ1n) is 3.57. The minimum Gasteiger partial charge on any atom is -0.288 e. The van der Waals surface area contributed by atoms with Gasteiger partial charge in [0.1, 0.15) is 5.72 Å². The van der Waals surface area contributed by atoms with Gasteiger partial charge in [-0.15, -0.1) is 0 Å². The molecule has 1 spiro atoms. The van der Waals surface area contributed by atoms with Crippen molar-refractivity contribution in [1.29, 1.82) is 0 Å². The molecule has 3 heteroatoms. The van der Waals surface area contributed by atoms with Crippen molar-refractivity contribution in [3.8, 4) is 0 Å². The van der Waals surface area contributed by atoms with E-state index in [0.29, 0.717) is 0 Å². The lowest BCUT2D eigenvalue weighted by molar-refractivity contribution is -0.0628. The summed E-state index contributed by atoms with van der Waals surface area (Å²) in [6, 6.07) is 0. The van der Waals surface area contributed by atoms with Gasteiger partial charge in [0, 0.05) is 13.0 Å². The van der Waals surface area contributed by atoms with Crippen LogP contribution in [0.1, 0.15) is 19.3 Å². The average Bonchev–Trinajstić information content (AvgIpc) is 2.45. The zero-order valence-corrected chi connectivity index (χ0v) is 5.44. The number of hydrogen-bond acceptors (Lipinski definition) is 3. The lowest BCUT2D eigenvalue weighted by Gasteiger charge is -2.19. The summed E-state index contributed by atoms with van der Waals surface area (Å²) in [5.74, 6) is 0. The molecule has 2 fully saturated rings. The molecule has 1 atom stereocenters. The minimum atomic E-state index is 0.0278. The van der Waals surface area contributed by atoms with E-state index < -0.39 is 0 Å². The molecule has 2 heterocycles. The second-order valence-corrected chi connectivity index (χ2v) is 2.77. The van der Waals surface area contributed by atoms with Crippen LogP contribution in [0.15, 0.2) is 0 Å². The Bertz CT molecular complexity index is 86.1. The quantitative estimate of drug-likeness (QED) is 0.481. The number of nitrogens with one attached hydrogen (secondary N) is 2. The van der Waals surface area contributed by atoms with Crippen LogP contribution in [0.4, 0.5) is 0 Å². The largest absolute Gasteiger partial charge is 0.288 e. The maximum absolute atomic E-state index is 5.34. The molecule has 0 aliphatic carbocycles. The van der Waals surface area contributed by atoms with E-state index in [2.05, 4.69) is 10.8 Å². The van der Waals surface area contributed by atoms with E-state index in [9.17, 15) is 0 Å². The lowest BCUT2D eigenvalue weighted by Crippen LogP contribution is -2.39. The van der Waals surface area contributed by atoms with Crippen molar-refractivity contribution in [2.24, 2.45) is 0 Å². The van der Waals surface area contributed by atoms with Gasteiger partial charge >= 0.3 is 0 Å². The molecular formula is C6H12N2O. The highest BCUT2D eigenvalue weighted by atomic mass is 16.7. The van der Waals surface area contributed by atoms with E-state index in [1.165, 1.54) is 12.8 Å². The molecule has 2 aliphatic rings. The normalized spacial score (nSPS) is 42.7. The summed E-state index contributed by atoms with van der Waals surface area (Å²) in [6.07, 6.45) is 3.54. The summed E-state index contributed by atoms with van der Waals surface area (Å²) in [4.78, 5) is 5.34. The Hall–Kier alpha value is -0.120. The van der Waals surface area contributed by atoms with E-state index in [0.717, 1.165) is 19.5 Å². The Morgan fingerprint density at radius 3 is 2.78 bits per heavy atom. The van der Waals surface area contributed by atoms with E-state index in [1.54, 1.807) is 0 Å². The van der Waals surface area contributed by atoms with Gasteiger partial charge in [-0.05, 0) is 19.4 Å². The molecule has 2 aliphatic heterocycles. The Morgan fingerprint density at radius 2 is 2.22 bits per heavy atom. The number of rotatable bonds is 0. The van der Waals surface area contributed by atoms with Crippen molar-refractivity contribution in [2.75, 3.05) is 13.1 Å². The Kier molecular flexibility index (Phi) is 1.22. The van der Waals surface area contributed by atoms with Crippen molar-refractivity contribution in [3.63, 3.8) is 0 Å². The highest BCUT2D eigenvalue weighted by Gasteiger charge is 2.37. The maximum Gasteiger partial charge on any atom is 0.141 e. The minimum absolute atomic E-state index is 0.0278. The third-order valence-corrected chi connectivity index (χ3v) is 2.10. The van der Waals surface area contributed by atoms with Gasteiger partial charge < -0.3 is 0 Å². The molecule has 3 nitrogen and oxygen atoms in total. The Labute approximate surface area is 54.7 Å². The van der Waals surface area contributed by atoms with Crippen LogP contribution in [0.2, 0.25) is 0 Å². The molecule has 0 amide bonds. The van der Waals surface area contributed by atoms with Gasteiger partial charge in [-0.2, -0.15) is 0 Å². The molecule has 0 aromatic heterocycles. The fourth-order valence-electron chi connectivity index (χ4n) is 1.57. The van der Waals surface area contributed by atoms with Crippen LogP contribution in [-0.2, 0) is 4.84 Å². The van der Waals surface area contributed by atoms with Gasteiger partial charge in [0.2, 0.25) is 0 Å². The first-order chi connectivity index (χ1) is 4.41. The highest BCUT2D eigenvalue weighted by Crippen LogP contribution is 2.26. The van der Waals surface area contributed by atoms with Gasteiger partial charge in [0.25, 0.3) is 0 Å². The standard InChI is InChI=1S/C6H12N2O/c1-2-6(7-4-1)3-5-8-9-6/h7-8H,1-5H2. The molecule has 0 aromatic carbocycles. The fourth-order valence-corrected chi connectivity index (χ4v) is 1.57. The van der Waals surface area contributed by atoms with E-state index >= 15 is 0 Å². The Morgan fingerprint density at radius 1 is 1.22 bits per heavy atom. The molecule has 0 bridgehead atoms. The second kappa shape index (κ2) is 1.94. The summed E-state index contributed by atoms with van der Waals surface area (Å²) < 4.78 is 0. The molecule has 52 valence electrons. The number of hydrogen-bond donors (Lipinski definition) is 2. The van der Waals surface area contributed by atoms with E-state index in [1.807, 2.05) is 0 Å². The highest BCUT2D eigenvalue weighted by molar-refractivity contribution is 4.86. The molecule has 1 unspecified atom stereocenters. The van der Waals surface area contributed by atoms with Gasteiger partial charge in [-0.25, -0.2) is 5.48 Å². The maximum atomic E-state index is 5.34. The SMILES string of the molecule is C1CNC2(C1)CCNO2. The van der Waals surface area contributed by atoms with Crippen LogP contribution in [0.5, 0.6) is 0 Å². The molecule has 0 saturated carbocycles. The van der Waals surface area contributed by atoms with E-state index in [-0.39, 0.29) is 5.72 Å². The summed E-state index contributed by atoms with van der Waals surface area (Å²) >= 11 is 0. The molecule has 0 aromatic rings. The third-order valence-electron chi connectivity index (χ3n) is 2.10. The number of hydroxylamine groups is 1. The van der Waals surface area contributed by atoms with Crippen LogP contribution >= 0.6 is 0 Å². The van der Waals surface area contributed by atoms with E-state index in [4.69, 9.17) is 4.84 Å². The monoisotopic (exact) mass is 128 g/mol. The molecule has 0 radical (unpaired) electrons. The smallest absolute Gasteiger partial charge is 0.141 e. The first-order valence-corrected chi connectivity index (χ1v) is 3.57. The molecule has 2 rings (SSSR count). The van der Waals surface area contributed by atoms with Gasteiger partial charge in [0.05, 0.1) is 0 Å². The second-order valence-electron chi connectivity index (χ2n) is 2.77. The molecule has 9 heavy (non-hydrogen) atoms. The fraction of sp³-hybridized carbons (Fsp3) is 1.00. The van der Waals surface area contributed by atoms with Gasteiger partial charge in [-0.1, -0.05) is 0 Å². The van der Waals surface area contributed by atoms with Gasteiger partial charge in [0.15, 0.2) is 0 Å². The lowest BCUT2D eigenvalue weighted by atomic mass is 10.1.